The molecule has 4 heterocycles. The van der Waals surface area contributed by atoms with Gasteiger partial charge in [-0.15, -0.1) is 0 Å². The molecule has 0 spiro atoms. The fraction of sp³-hybridized carbons (Fsp3) is 0.333. The van der Waals surface area contributed by atoms with Gasteiger partial charge >= 0.3 is 0 Å². The van der Waals surface area contributed by atoms with Crippen molar-refractivity contribution in [2.24, 2.45) is 0 Å². The van der Waals surface area contributed by atoms with Gasteiger partial charge in [0.15, 0.2) is 0 Å². The highest BCUT2D eigenvalue weighted by atomic mass is 32.1. The molecule has 0 bridgehead atoms. The highest BCUT2D eigenvalue weighted by Gasteiger charge is 2.29. The molecular weight excluding hydrogens is 298 g/mol. The molecule has 0 saturated carbocycles. The Balaban J connectivity index is 1.71. The van der Waals surface area contributed by atoms with E-state index in [-0.39, 0.29) is 6.04 Å². The minimum atomic E-state index is 0.222. The van der Waals surface area contributed by atoms with Gasteiger partial charge in [-0.1, -0.05) is 0 Å². The summed E-state index contributed by atoms with van der Waals surface area (Å²) in [5, 5.41) is 0.969. The van der Waals surface area contributed by atoms with Crippen LogP contribution in [0.3, 0.4) is 0 Å². The van der Waals surface area contributed by atoms with E-state index in [0.29, 0.717) is 5.88 Å². The molecule has 1 aliphatic rings. The van der Waals surface area contributed by atoms with Crippen LogP contribution >= 0.6 is 11.5 Å². The van der Waals surface area contributed by atoms with Gasteiger partial charge in [0.25, 0.3) is 0 Å². The molecule has 0 aliphatic carbocycles. The fourth-order valence-corrected chi connectivity index (χ4v) is 3.65. The minimum absolute atomic E-state index is 0.222. The maximum Gasteiger partial charge on any atom is 0.234 e. The van der Waals surface area contributed by atoms with E-state index >= 15 is 0 Å². The normalized spacial score (nSPS) is 18.0. The van der Waals surface area contributed by atoms with Crippen molar-refractivity contribution >= 4 is 27.7 Å². The van der Waals surface area contributed by atoms with Gasteiger partial charge < -0.3 is 9.64 Å². The lowest BCUT2D eigenvalue weighted by atomic mass is 10.1. The number of ether oxygens (including phenoxy) is 1. The third kappa shape index (κ3) is 2.18. The molecule has 3 aromatic rings. The molecule has 7 heteroatoms. The molecule has 3 aromatic heterocycles. The van der Waals surface area contributed by atoms with Gasteiger partial charge in [-0.25, -0.2) is 15.0 Å². The average Bonchev–Trinajstić information content (AvgIpc) is 3.21. The summed E-state index contributed by atoms with van der Waals surface area (Å²) in [5.74, 6) is 1.42. The van der Waals surface area contributed by atoms with E-state index in [1.54, 1.807) is 19.5 Å². The third-order valence-corrected chi connectivity index (χ3v) is 4.67. The molecule has 22 heavy (non-hydrogen) atoms. The molecule has 4 rings (SSSR count). The summed E-state index contributed by atoms with van der Waals surface area (Å²) in [5.41, 5.74) is 1.05. The van der Waals surface area contributed by atoms with E-state index in [0.717, 1.165) is 41.2 Å². The fourth-order valence-electron chi connectivity index (χ4n) is 2.91. The first-order valence-corrected chi connectivity index (χ1v) is 7.98. The number of nitrogens with zero attached hydrogens (tertiary/aromatic N) is 5. The Morgan fingerprint density at radius 1 is 1.27 bits per heavy atom. The quantitative estimate of drug-likeness (QED) is 0.741. The Bertz CT molecular complexity index is 791. The Morgan fingerprint density at radius 3 is 2.95 bits per heavy atom. The maximum atomic E-state index is 5.25. The topological polar surface area (TPSA) is 64.0 Å². The molecule has 1 unspecified atom stereocenters. The predicted molar refractivity (Wildman–Crippen MR) is 85.3 cm³/mol. The third-order valence-electron chi connectivity index (χ3n) is 3.92. The second-order valence-corrected chi connectivity index (χ2v) is 5.93. The van der Waals surface area contributed by atoms with Crippen LogP contribution in [0.5, 0.6) is 5.88 Å². The van der Waals surface area contributed by atoms with E-state index in [9.17, 15) is 0 Å². The SMILES string of the molecule is COc1nsc2nc(C3CCCN3c3ncccn3)ccc12. The molecule has 0 amide bonds. The van der Waals surface area contributed by atoms with Crippen LogP contribution in [0.25, 0.3) is 10.2 Å². The van der Waals surface area contributed by atoms with Crippen LogP contribution < -0.4 is 9.64 Å². The summed E-state index contributed by atoms with van der Waals surface area (Å²) in [6, 6.07) is 6.16. The van der Waals surface area contributed by atoms with Crippen LogP contribution in [-0.2, 0) is 0 Å². The Labute approximate surface area is 132 Å². The Hall–Kier alpha value is -2.28. The largest absolute Gasteiger partial charge is 0.480 e. The van der Waals surface area contributed by atoms with Gasteiger partial charge in [0.2, 0.25) is 11.8 Å². The lowest BCUT2D eigenvalue weighted by Gasteiger charge is -2.23. The first-order valence-electron chi connectivity index (χ1n) is 7.21. The first-order chi connectivity index (χ1) is 10.9. The van der Waals surface area contributed by atoms with Crippen LogP contribution in [0, 0.1) is 0 Å². The van der Waals surface area contributed by atoms with Crippen LogP contribution in [0.4, 0.5) is 5.95 Å². The zero-order chi connectivity index (χ0) is 14.9. The summed E-state index contributed by atoms with van der Waals surface area (Å²) in [6.45, 7) is 0.959. The van der Waals surface area contributed by atoms with Gasteiger partial charge in [0.1, 0.15) is 4.83 Å². The van der Waals surface area contributed by atoms with Crippen molar-refractivity contribution in [2.75, 3.05) is 18.6 Å². The average molecular weight is 313 g/mol. The Kier molecular flexibility index (Phi) is 3.34. The van der Waals surface area contributed by atoms with Crippen LogP contribution in [-0.4, -0.2) is 33.0 Å². The predicted octanol–water partition coefficient (Wildman–Crippen LogP) is 2.83. The van der Waals surface area contributed by atoms with Crippen molar-refractivity contribution in [1.82, 2.24) is 19.3 Å². The van der Waals surface area contributed by atoms with Crippen molar-refractivity contribution in [3.05, 3.63) is 36.3 Å². The van der Waals surface area contributed by atoms with Crippen LogP contribution in [0.15, 0.2) is 30.6 Å². The summed E-state index contributed by atoms with van der Waals surface area (Å²) in [6.07, 6.45) is 5.74. The van der Waals surface area contributed by atoms with Gasteiger partial charge in [-0.3, -0.25) is 0 Å². The molecule has 6 nitrogen and oxygen atoms in total. The van der Waals surface area contributed by atoms with Crippen molar-refractivity contribution in [3.63, 3.8) is 0 Å². The van der Waals surface area contributed by atoms with Gasteiger partial charge in [0, 0.05) is 18.9 Å². The first kappa shape index (κ1) is 13.4. The number of aromatic nitrogens is 4. The molecule has 0 radical (unpaired) electrons. The summed E-state index contributed by atoms with van der Waals surface area (Å²) in [4.78, 5) is 16.7. The molecule has 1 saturated heterocycles. The molecule has 0 aromatic carbocycles. The monoisotopic (exact) mass is 313 g/mol. The minimum Gasteiger partial charge on any atom is -0.480 e. The van der Waals surface area contributed by atoms with E-state index in [4.69, 9.17) is 9.72 Å². The number of fused-ring (bicyclic) bond motifs is 1. The van der Waals surface area contributed by atoms with E-state index < -0.39 is 0 Å². The zero-order valence-electron chi connectivity index (χ0n) is 12.1. The summed E-state index contributed by atoms with van der Waals surface area (Å²) in [7, 11) is 1.63. The smallest absolute Gasteiger partial charge is 0.234 e. The second-order valence-electron chi connectivity index (χ2n) is 5.18. The van der Waals surface area contributed by atoms with Crippen molar-refractivity contribution < 1.29 is 4.74 Å². The number of anilines is 1. The number of hydrogen-bond donors (Lipinski definition) is 0. The number of hydrogen-bond acceptors (Lipinski definition) is 7. The Morgan fingerprint density at radius 2 is 2.14 bits per heavy atom. The molecule has 0 N–H and O–H groups in total. The number of rotatable bonds is 3. The second kappa shape index (κ2) is 5.49. The molecular formula is C15H15N5OS. The van der Waals surface area contributed by atoms with Gasteiger partial charge in [-0.05, 0) is 42.6 Å². The molecule has 112 valence electrons. The number of pyridine rings is 1. The molecule has 1 atom stereocenters. The van der Waals surface area contributed by atoms with E-state index in [1.165, 1.54) is 11.5 Å². The van der Waals surface area contributed by atoms with E-state index in [2.05, 4.69) is 25.3 Å². The highest BCUT2D eigenvalue weighted by molar-refractivity contribution is 7.13. The standard InChI is InChI=1S/C15H15N5OS/c1-21-13-10-5-6-11(18-14(10)22-19-13)12-4-2-9-20(12)15-16-7-3-8-17-15/h3,5-8,12H,2,4,9H2,1H3. The lowest BCUT2D eigenvalue weighted by molar-refractivity contribution is 0.407. The zero-order valence-corrected chi connectivity index (χ0v) is 13.0. The summed E-state index contributed by atoms with van der Waals surface area (Å²) < 4.78 is 9.53. The van der Waals surface area contributed by atoms with E-state index in [1.807, 2.05) is 12.1 Å². The van der Waals surface area contributed by atoms with Crippen LogP contribution in [0.2, 0.25) is 0 Å². The molecule has 1 aliphatic heterocycles. The molecule has 1 fully saturated rings. The number of methoxy groups -OCH3 is 1. The summed E-state index contributed by atoms with van der Waals surface area (Å²) >= 11 is 1.37. The van der Waals surface area contributed by atoms with Gasteiger partial charge in [-0.2, -0.15) is 4.37 Å². The maximum absolute atomic E-state index is 5.25. The van der Waals surface area contributed by atoms with Crippen molar-refractivity contribution in [1.29, 1.82) is 0 Å². The van der Waals surface area contributed by atoms with Crippen LogP contribution in [0.1, 0.15) is 24.6 Å². The lowest BCUT2D eigenvalue weighted by Crippen LogP contribution is -2.25. The van der Waals surface area contributed by atoms with Gasteiger partial charge in [0.05, 0.1) is 24.2 Å². The highest BCUT2D eigenvalue weighted by Crippen LogP contribution is 2.35. The van der Waals surface area contributed by atoms with Crippen molar-refractivity contribution in [2.45, 2.75) is 18.9 Å². The van der Waals surface area contributed by atoms with Crippen molar-refractivity contribution in [3.8, 4) is 5.88 Å².